The first-order valence-electron chi connectivity index (χ1n) is 29.3. The number of hydrogen-bond acceptors (Lipinski definition) is 9. The molecule has 0 aliphatic heterocycles. The number of allylic oxidation sites excluding steroid dienone is 10. The third-order valence-corrected chi connectivity index (χ3v) is 18.7. The summed E-state index contributed by atoms with van der Waals surface area (Å²) in [4.78, 5) is 0. The summed E-state index contributed by atoms with van der Waals surface area (Å²) in [6.07, 6.45) is 10.4. The number of hydrogen-bond donors (Lipinski definition) is 9. The van der Waals surface area contributed by atoms with Gasteiger partial charge in [0.2, 0.25) is 0 Å². The molecule has 9 heteroatoms. The van der Waals surface area contributed by atoms with Gasteiger partial charge < -0.3 is 46.0 Å². The van der Waals surface area contributed by atoms with Gasteiger partial charge in [0.25, 0.3) is 0 Å². The fourth-order valence-electron chi connectivity index (χ4n) is 14.4. The average Bonchev–Trinajstić information content (AvgIpc) is 0.861. The van der Waals surface area contributed by atoms with E-state index in [0.717, 1.165) is 104 Å². The van der Waals surface area contributed by atoms with Crippen molar-refractivity contribution in [1.29, 1.82) is 0 Å². The normalized spacial score (nSPS) is 18.5. The highest BCUT2D eigenvalue weighted by Crippen LogP contribution is 2.52. The van der Waals surface area contributed by atoms with E-state index >= 15 is 0 Å². The summed E-state index contributed by atoms with van der Waals surface area (Å²) < 4.78 is 0. The lowest BCUT2D eigenvalue weighted by atomic mass is 9.63. The fraction of sp³-hybridized carbons (Fsp3) is 0.103. The van der Waals surface area contributed by atoms with Crippen molar-refractivity contribution in [3.63, 3.8) is 0 Å². The van der Waals surface area contributed by atoms with Gasteiger partial charge in [-0.2, -0.15) is 0 Å². The number of phenols is 3. The van der Waals surface area contributed by atoms with E-state index in [0.29, 0.717) is 50.1 Å². The van der Waals surface area contributed by atoms with E-state index in [9.17, 15) is 46.0 Å². The van der Waals surface area contributed by atoms with E-state index in [4.69, 9.17) is 0 Å². The highest BCUT2D eigenvalue weighted by molar-refractivity contribution is 6.24. The molecule has 12 aromatic carbocycles. The molecule has 4 aliphatic carbocycles. The molecule has 422 valence electrons. The highest BCUT2D eigenvalue weighted by atomic mass is 16.3. The number of aliphatic hydroxyl groups excluding tert-OH is 6. The zero-order valence-electron chi connectivity index (χ0n) is 46.7. The molecule has 16 rings (SSSR count). The number of benzene rings is 12. The molecule has 0 aromatic heterocycles. The van der Waals surface area contributed by atoms with Crippen LogP contribution in [0.15, 0.2) is 270 Å². The van der Waals surface area contributed by atoms with Gasteiger partial charge in [-0.05, 0) is 257 Å². The van der Waals surface area contributed by atoms with E-state index in [2.05, 4.69) is 48.6 Å². The third-order valence-electron chi connectivity index (χ3n) is 18.7. The van der Waals surface area contributed by atoms with Crippen LogP contribution in [0.2, 0.25) is 0 Å². The molecule has 9 nitrogen and oxygen atoms in total. The topological polar surface area (TPSA) is 182 Å². The van der Waals surface area contributed by atoms with E-state index in [1.807, 2.05) is 115 Å². The zero-order chi connectivity index (χ0) is 59.1. The van der Waals surface area contributed by atoms with Gasteiger partial charge in [0.05, 0.1) is 0 Å². The maximum absolute atomic E-state index is 12.8. The summed E-state index contributed by atoms with van der Waals surface area (Å²) in [5.41, 5.74) is 11.9. The molecular formula is C78H56O9. The van der Waals surface area contributed by atoms with Crippen LogP contribution in [-0.4, -0.2) is 46.0 Å². The van der Waals surface area contributed by atoms with Gasteiger partial charge in [-0.25, -0.2) is 0 Å². The Balaban J connectivity index is 0.778. The molecule has 12 aromatic rings. The molecule has 0 saturated heterocycles. The summed E-state index contributed by atoms with van der Waals surface area (Å²) in [7, 11) is 0. The number of aliphatic hydroxyl groups is 6. The molecule has 9 N–H and O–H groups in total. The SMILES string of the molecule is Oc1ccc(C(O)C2=CC3=CC=C4C=C(C(O)c5cc(C(O)c6cc7ccc8cc(C(O)c9ccc(O)cc9)cc9ccc(c6)c7c89)cc(C(O)c6cc7ccc8cc(C(O)c9ccc(O)cc9)cc9ccc(c6)c7c89)c5)C=C5C=CC(=C2)C3C45)cc1. The summed E-state index contributed by atoms with van der Waals surface area (Å²) in [5, 5.41) is 114. The second-order valence-electron chi connectivity index (χ2n) is 24.0. The van der Waals surface area contributed by atoms with E-state index < -0.39 is 36.6 Å². The molecule has 8 unspecified atom stereocenters. The number of rotatable bonds is 12. The Morgan fingerprint density at radius 2 is 0.460 bits per heavy atom. The molecule has 87 heavy (non-hydrogen) atoms. The Hall–Kier alpha value is -9.94. The van der Waals surface area contributed by atoms with Crippen LogP contribution in [-0.2, 0) is 0 Å². The predicted octanol–water partition coefficient (Wildman–Crippen LogP) is 15.1. The molecule has 4 aliphatic rings. The number of aromatic hydroxyl groups is 3. The van der Waals surface area contributed by atoms with E-state index in [1.54, 1.807) is 72.8 Å². The standard InChI is InChI=1S/C78H56O9/c79-64-19-13-40(14-20-64)73(82)55-25-43-1-7-49-31-58(32-50-8-2-44(26-55)67(43)70(49)50)76(85)61-37-62(77(86)59-33-51-9-3-45-27-56(74(83)41-15-21-65(80)22-16-41)28-46-4-10-52(34-59)71(51)68(45)46)39-63(38-61)78(87)60-35-53-11-5-47-29-57(75(84)42-17-23-66(81)24-18-42)30-48-6-12-54(36-60)72(53)69(47)48/h1-39,67,70,73-87H. The lowest BCUT2D eigenvalue weighted by molar-refractivity contribution is 0.206. The Labute approximate surface area is 499 Å². The Morgan fingerprint density at radius 3 is 0.747 bits per heavy atom. The van der Waals surface area contributed by atoms with Gasteiger partial charge in [0.15, 0.2) is 0 Å². The molecule has 0 fully saturated rings. The smallest absolute Gasteiger partial charge is 0.115 e. The molecular weight excluding hydrogens is 1080 g/mol. The monoisotopic (exact) mass is 1140 g/mol. The van der Waals surface area contributed by atoms with Crippen molar-refractivity contribution in [1.82, 2.24) is 0 Å². The van der Waals surface area contributed by atoms with Crippen LogP contribution in [0.5, 0.6) is 17.2 Å². The van der Waals surface area contributed by atoms with Gasteiger partial charge in [0, 0.05) is 11.8 Å². The van der Waals surface area contributed by atoms with Gasteiger partial charge >= 0.3 is 0 Å². The van der Waals surface area contributed by atoms with Crippen molar-refractivity contribution in [3.05, 3.63) is 326 Å². The Morgan fingerprint density at radius 1 is 0.230 bits per heavy atom. The Bertz CT molecular complexity index is 4700. The summed E-state index contributed by atoms with van der Waals surface area (Å²) in [6.45, 7) is 0. The van der Waals surface area contributed by atoms with Crippen LogP contribution in [0.3, 0.4) is 0 Å². The van der Waals surface area contributed by atoms with Gasteiger partial charge in [0.1, 0.15) is 53.9 Å². The van der Waals surface area contributed by atoms with Crippen LogP contribution < -0.4 is 0 Å². The summed E-state index contributed by atoms with van der Waals surface area (Å²) in [6, 6.07) is 57.6. The van der Waals surface area contributed by atoms with Crippen molar-refractivity contribution in [2.75, 3.05) is 0 Å². The van der Waals surface area contributed by atoms with E-state index in [1.165, 1.54) is 0 Å². The van der Waals surface area contributed by atoms with Crippen LogP contribution in [0.1, 0.15) is 92.3 Å². The number of phenolic OH excluding ortho intramolecular Hbond substituents is 3. The maximum Gasteiger partial charge on any atom is 0.115 e. The third kappa shape index (κ3) is 8.77. The molecule has 0 bridgehead atoms. The second-order valence-corrected chi connectivity index (χ2v) is 24.0. The van der Waals surface area contributed by atoms with Crippen molar-refractivity contribution in [2.45, 2.75) is 36.6 Å². The molecule has 0 spiro atoms. The lowest BCUT2D eigenvalue weighted by Gasteiger charge is -2.41. The van der Waals surface area contributed by atoms with Crippen LogP contribution in [0, 0.1) is 11.8 Å². The minimum Gasteiger partial charge on any atom is -0.508 e. The predicted molar refractivity (Wildman–Crippen MR) is 342 cm³/mol. The van der Waals surface area contributed by atoms with Crippen molar-refractivity contribution in [3.8, 4) is 17.2 Å². The molecule has 0 heterocycles. The van der Waals surface area contributed by atoms with Gasteiger partial charge in [-0.15, -0.1) is 0 Å². The summed E-state index contributed by atoms with van der Waals surface area (Å²) in [5.74, 6) is 0.383. The van der Waals surface area contributed by atoms with Crippen molar-refractivity contribution >= 4 is 64.6 Å². The second kappa shape index (κ2) is 20.1. The van der Waals surface area contributed by atoms with Gasteiger partial charge in [-0.3, -0.25) is 0 Å². The van der Waals surface area contributed by atoms with Crippen molar-refractivity contribution in [2.24, 2.45) is 11.8 Å². The first-order valence-corrected chi connectivity index (χ1v) is 29.3. The maximum atomic E-state index is 12.8. The Kier molecular flexibility index (Phi) is 12.1. The molecule has 8 atom stereocenters. The average molecular weight is 1140 g/mol. The van der Waals surface area contributed by atoms with E-state index in [-0.39, 0.29) is 29.1 Å². The first kappa shape index (κ1) is 52.6. The lowest BCUT2D eigenvalue weighted by Crippen LogP contribution is -2.30. The molecule has 0 saturated carbocycles. The molecule has 0 radical (unpaired) electrons. The quantitative estimate of drug-likeness (QED) is 0.0538. The largest absolute Gasteiger partial charge is 0.508 e. The van der Waals surface area contributed by atoms with Crippen LogP contribution in [0.4, 0.5) is 0 Å². The minimum absolute atomic E-state index is 0.00859. The van der Waals surface area contributed by atoms with Gasteiger partial charge in [-0.1, -0.05) is 134 Å². The highest BCUT2D eigenvalue weighted by Gasteiger charge is 2.40. The first-order chi connectivity index (χ1) is 42.2. The fourth-order valence-corrected chi connectivity index (χ4v) is 14.4. The molecule has 0 amide bonds. The minimum atomic E-state index is -1.18. The van der Waals surface area contributed by atoms with Crippen molar-refractivity contribution < 1.29 is 46.0 Å². The van der Waals surface area contributed by atoms with Crippen LogP contribution >= 0.6 is 0 Å². The van der Waals surface area contributed by atoms with Crippen LogP contribution in [0.25, 0.3) is 64.6 Å². The zero-order valence-corrected chi connectivity index (χ0v) is 46.7. The summed E-state index contributed by atoms with van der Waals surface area (Å²) >= 11 is 0.